The van der Waals surface area contributed by atoms with Gasteiger partial charge in [0.05, 0.1) is 13.3 Å². The van der Waals surface area contributed by atoms with Crippen molar-refractivity contribution in [2.45, 2.75) is 26.4 Å². The fourth-order valence-electron chi connectivity index (χ4n) is 4.25. The second kappa shape index (κ2) is 11.2. The molecule has 0 aliphatic carbocycles. The van der Waals surface area contributed by atoms with Crippen molar-refractivity contribution in [1.29, 1.82) is 0 Å². The number of amides is 1. The molecule has 0 unspecified atom stereocenters. The number of aromatic nitrogens is 1. The van der Waals surface area contributed by atoms with Gasteiger partial charge in [-0.3, -0.25) is 14.5 Å². The van der Waals surface area contributed by atoms with Crippen molar-refractivity contribution in [2.75, 3.05) is 43.5 Å². The highest BCUT2D eigenvalue weighted by molar-refractivity contribution is 5.90. The summed E-state index contributed by atoms with van der Waals surface area (Å²) in [4.78, 5) is 29.7. The molecule has 0 saturated carbocycles. The Morgan fingerprint density at radius 3 is 2.34 bits per heavy atom. The molecule has 0 radical (unpaired) electrons. The molecule has 1 fully saturated rings. The van der Waals surface area contributed by atoms with Crippen LogP contribution in [0.3, 0.4) is 0 Å². The number of carbonyl (C=O) groups is 1. The molecule has 8 heteroatoms. The first-order valence-electron chi connectivity index (χ1n) is 11.8. The lowest BCUT2D eigenvalue weighted by molar-refractivity contribution is -0.116. The van der Waals surface area contributed by atoms with Crippen molar-refractivity contribution in [3.63, 3.8) is 0 Å². The Labute approximate surface area is 204 Å². The molecule has 35 heavy (non-hydrogen) atoms. The molecular weight excluding hydrogens is 447 g/mol. The van der Waals surface area contributed by atoms with Crippen molar-refractivity contribution in [3.05, 3.63) is 88.1 Å². The number of piperazine rings is 1. The van der Waals surface area contributed by atoms with Gasteiger partial charge in [-0.2, -0.15) is 0 Å². The highest BCUT2D eigenvalue weighted by Crippen LogP contribution is 2.18. The monoisotopic (exact) mass is 478 g/mol. The molecule has 1 aliphatic heterocycles. The van der Waals surface area contributed by atoms with E-state index in [1.165, 1.54) is 24.8 Å². The Hall–Kier alpha value is -3.65. The van der Waals surface area contributed by atoms with Gasteiger partial charge in [-0.1, -0.05) is 19.1 Å². The summed E-state index contributed by atoms with van der Waals surface area (Å²) in [6.07, 6.45) is 2.54. The number of pyridine rings is 1. The molecule has 0 atom stereocenters. The Morgan fingerprint density at radius 2 is 1.71 bits per heavy atom. The number of carbonyl (C=O) groups excluding carboxylic acids is 1. The average Bonchev–Trinajstić information content (AvgIpc) is 2.87. The standard InChI is InChI=1S/C27H31FN4O3/c1-3-20-4-8-22(9-5-20)29-27(34)19-32-18-26(35-2)25(33)16-24(32)17-30-12-14-31(15-13-30)23-10-6-21(28)7-11-23/h4-11,16,18H,3,12-15,17,19H2,1-2H3,(H,29,34). The maximum Gasteiger partial charge on any atom is 0.244 e. The molecule has 0 spiro atoms. The fraction of sp³-hybridized carbons (Fsp3) is 0.333. The van der Waals surface area contributed by atoms with Crippen molar-refractivity contribution in [2.24, 2.45) is 0 Å². The zero-order valence-electron chi connectivity index (χ0n) is 20.2. The highest BCUT2D eigenvalue weighted by atomic mass is 19.1. The van der Waals surface area contributed by atoms with E-state index in [0.717, 1.165) is 49.7 Å². The molecule has 3 aromatic rings. The van der Waals surface area contributed by atoms with Gasteiger partial charge in [0.2, 0.25) is 11.3 Å². The maximum absolute atomic E-state index is 13.2. The van der Waals surface area contributed by atoms with Crippen LogP contribution < -0.4 is 20.4 Å². The summed E-state index contributed by atoms with van der Waals surface area (Å²) >= 11 is 0. The number of methoxy groups -OCH3 is 1. The first-order valence-corrected chi connectivity index (χ1v) is 11.8. The van der Waals surface area contributed by atoms with Crippen LogP contribution in [0.15, 0.2) is 65.6 Å². The van der Waals surface area contributed by atoms with Gasteiger partial charge in [0.25, 0.3) is 0 Å². The van der Waals surface area contributed by atoms with Crippen LogP contribution in [0.4, 0.5) is 15.8 Å². The summed E-state index contributed by atoms with van der Waals surface area (Å²) in [7, 11) is 1.45. The predicted octanol–water partition coefficient (Wildman–Crippen LogP) is 3.52. The molecular formula is C27H31FN4O3. The van der Waals surface area contributed by atoms with Crippen LogP contribution in [0.2, 0.25) is 0 Å². The number of rotatable bonds is 8. The summed E-state index contributed by atoms with van der Waals surface area (Å²) in [6.45, 7) is 5.84. The summed E-state index contributed by atoms with van der Waals surface area (Å²) in [5.74, 6) is -0.218. The third kappa shape index (κ3) is 6.27. The second-order valence-electron chi connectivity index (χ2n) is 8.66. The highest BCUT2D eigenvalue weighted by Gasteiger charge is 2.20. The third-order valence-corrected chi connectivity index (χ3v) is 6.31. The summed E-state index contributed by atoms with van der Waals surface area (Å²) < 4.78 is 20.2. The summed E-state index contributed by atoms with van der Waals surface area (Å²) in [6, 6.07) is 15.9. The van der Waals surface area contributed by atoms with Gasteiger partial charge < -0.3 is 19.5 Å². The van der Waals surface area contributed by atoms with Crippen molar-refractivity contribution in [1.82, 2.24) is 9.47 Å². The molecule has 2 aromatic carbocycles. The predicted molar refractivity (Wildman–Crippen MR) is 136 cm³/mol. The van der Waals surface area contributed by atoms with E-state index in [9.17, 15) is 14.0 Å². The quantitative estimate of drug-likeness (QED) is 0.537. The SMILES string of the molecule is CCc1ccc(NC(=O)Cn2cc(OC)c(=O)cc2CN2CCN(c3ccc(F)cc3)CC2)cc1. The number of benzene rings is 2. The lowest BCUT2D eigenvalue weighted by Crippen LogP contribution is -2.46. The van der Waals surface area contributed by atoms with Gasteiger partial charge in [-0.05, 0) is 48.4 Å². The van der Waals surface area contributed by atoms with Crippen molar-refractivity contribution < 1.29 is 13.9 Å². The first kappa shape index (κ1) is 24.5. The summed E-state index contributed by atoms with van der Waals surface area (Å²) in [5, 5.41) is 2.93. The van der Waals surface area contributed by atoms with E-state index < -0.39 is 0 Å². The maximum atomic E-state index is 13.2. The van der Waals surface area contributed by atoms with Gasteiger partial charge in [0, 0.05) is 55.9 Å². The smallest absolute Gasteiger partial charge is 0.244 e. The van der Waals surface area contributed by atoms with Crippen LogP contribution in [-0.4, -0.2) is 48.7 Å². The van der Waals surface area contributed by atoms with E-state index in [-0.39, 0.29) is 29.4 Å². The Balaban J connectivity index is 1.43. The molecule has 184 valence electrons. The summed E-state index contributed by atoms with van der Waals surface area (Å²) in [5.41, 5.74) is 3.48. The zero-order valence-corrected chi connectivity index (χ0v) is 20.2. The van der Waals surface area contributed by atoms with E-state index in [2.05, 4.69) is 22.0 Å². The van der Waals surface area contributed by atoms with E-state index >= 15 is 0 Å². The Morgan fingerprint density at radius 1 is 1.03 bits per heavy atom. The second-order valence-corrected chi connectivity index (χ2v) is 8.66. The molecule has 4 rings (SSSR count). The lowest BCUT2D eigenvalue weighted by atomic mass is 10.1. The first-order chi connectivity index (χ1) is 16.9. The molecule has 2 heterocycles. The Bertz CT molecular complexity index is 1200. The number of anilines is 2. The Kier molecular flexibility index (Phi) is 7.82. The molecule has 7 nitrogen and oxygen atoms in total. The average molecular weight is 479 g/mol. The van der Waals surface area contributed by atoms with Gasteiger partial charge >= 0.3 is 0 Å². The van der Waals surface area contributed by atoms with E-state index in [0.29, 0.717) is 6.54 Å². The third-order valence-electron chi connectivity index (χ3n) is 6.31. The molecule has 1 N–H and O–H groups in total. The number of nitrogens with one attached hydrogen (secondary N) is 1. The van der Waals surface area contributed by atoms with E-state index in [4.69, 9.17) is 4.74 Å². The number of nitrogens with zero attached hydrogens (tertiary/aromatic N) is 3. The minimum atomic E-state index is -0.244. The van der Waals surface area contributed by atoms with Crippen molar-refractivity contribution in [3.8, 4) is 5.75 Å². The molecule has 1 aliphatic rings. The number of ether oxygens (including phenoxy) is 1. The number of hydrogen-bond donors (Lipinski definition) is 1. The minimum Gasteiger partial charge on any atom is -0.491 e. The van der Waals surface area contributed by atoms with Gasteiger partial charge in [-0.25, -0.2) is 4.39 Å². The van der Waals surface area contributed by atoms with Gasteiger partial charge in [0.1, 0.15) is 12.4 Å². The largest absolute Gasteiger partial charge is 0.491 e. The van der Waals surface area contributed by atoms with Crippen molar-refractivity contribution >= 4 is 17.3 Å². The normalized spacial score (nSPS) is 14.1. The van der Waals surface area contributed by atoms with Crippen LogP contribution >= 0.6 is 0 Å². The fourth-order valence-corrected chi connectivity index (χ4v) is 4.25. The number of aryl methyl sites for hydroxylation is 1. The van der Waals surface area contributed by atoms with Crippen LogP contribution in [0, 0.1) is 5.82 Å². The van der Waals surface area contributed by atoms with Crippen LogP contribution in [0.25, 0.3) is 0 Å². The van der Waals surface area contributed by atoms with Crippen LogP contribution in [-0.2, 0) is 24.3 Å². The number of halogens is 1. The molecule has 1 aromatic heterocycles. The van der Waals surface area contributed by atoms with Gasteiger partial charge in [-0.15, -0.1) is 0 Å². The topological polar surface area (TPSA) is 66.8 Å². The zero-order chi connectivity index (χ0) is 24.8. The number of hydrogen-bond acceptors (Lipinski definition) is 5. The molecule has 1 amide bonds. The lowest BCUT2D eigenvalue weighted by Gasteiger charge is -2.36. The minimum absolute atomic E-state index is 0.0665. The van der Waals surface area contributed by atoms with E-state index in [1.807, 2.05) is 24.3 Å². The molecule has 0 bridgehead atoms. The van der Waals surface area contributed by atoms with Crippen LogP contribution in [0.5, 0.6) is 5.75 Å². The van der Waals surface area contributed by atoms with Crippen LogP contribution in [0.1, 0.15) is 18.2 Å². The van der Waals surface area contributed by atoms with E-state index in [1.54, 1.807) is 29.0 Å². The van der Waals surface area contributed by atoms with Gasteiger partial charge in [0.15, 0.2) is 5.75 Å². The molecule has 1 saturated heterocycles.